The number of nitrogens with zero attached hydrogens (tertiary/aromatic N) is 5. The summed E-state index contributed by atoms with van der Waals surface area (Å²) >= 11 is 0. The molecule has 2 aromatic heterocycles. The number of aromatic nitrogens is 4. The van der Waals surface area contributed by atoms with Gasteiger partial charge < -0.3 is 14.4 Å². The molecule has 0 unspecified atom stereocenters. The van der Waals surface area contributed by atoms with Gasteiger partial charge in [0.25, 0.3) is 0 Å². The maximum absolute atomic E-state index is 13.0. The Morgan fingerprint density at radius 3 is 2.26 bits per heavy atom. The molecule has 0 saturated heterocycles. The number of rotatable bonds is 8. The van der Waals surface area contributed by atoms with Crippen LogP contribution in [0.2, 0.25) is 0 Å². The largest absolute Gasteiger partial charge is 0.480 e. The molecule has 184 valence electrons. The maximum Gasteiger partial charge on any atom is 0.416 e. The molecule has 0 aliphatic rings. The van der Waals surface area contributed by atoms with Gasteiger partial charge in [0.15, 0.2) is 5.65 Å². The van der Waals surface area contributed by atoms with E-state index in [4.69, 9.17) is 14.6 Å². The van der Waals surface area contributed by atoms with Crippen molar-refractivity contribution in [3.05, 3.63) is 77.0 Å². The summed E-state index contributed by atoms with van der Waals surface area (Å²) < 4.78 is 52.3. The second-order valence-corrected chi connectivity index (χ2v) is 8.29. The topological polar surface area (TPSA) is 65.3 Å². The van der Waals surface area contributed by atoms with E-state index in [2.05, 4.69) is 9.97 Å². The van der Waals surface area contributed by atoms with Crippen LogP contribution in [-0.4, -0.2) is 41.0 Å². The molecule has 4 aromatic rings. The first-order valence-corrected chi connectivity index (χ1v) is 11.0. The summed E-state index contributed by atoms with van der Waals surface area (Å²) in [6.45, 7) is 2.43. The van der Waals surface area contributed by atoms with Gasteiger partial charge in [0, 0.05) is 14.1 Å². The molecule has 0 amide bonds. The van der Waals surface area contributed by atoms with Crippen LogP contribution in [0.1, 0.15) is 35.3 Å². The van der Waals surface area contributed by atoms with Crippen molar-refractivity contribution < 1.29 is 22.6 Å². The summed E-state index contributed by atoms with van der Waals surface area (Å²) in [6, 6.07) is 14.4. The number of hydrogen-bond donors (Lipinski definition) is 0. The first-order chi connectivity index (χ1) is 16.7. The Morgan fingerprint density at radius 2 is 1.66 bits per heavy atom. The molecule has 0 fully saturated rings. The molecule has 7 nitrogen and oxygen atoms in total. The van der Waals surface area contributed by atoms with Crippen molar-refractivity contribution in [2.24, 2.45) is 0 Å². The molecule has 0 N–H and O–H groups in total. The Hall–Kier alpha value is -3.66. The van der Waals surface area contributed by atoms with Crippen molar-refractivity contribution in [3.8, 4) is 5.88 Å². The van der Waals surface area contributed by atoms with Crippen LogP contribution in [0.15, 0.2) is 54.6 Å². The van der Waals surface area contributed by atoms with E-state index in [1.807, 2.05) is 51.4 Å². The van der Waals surface area contributed by atoms with Gasteiger partial charge in [0.2, 0.25) is 11.8 Å². The Bertz CT molecular complexity index is 1290. The fourth-order valence-electron chi connectivity index (χ4n) is 3.71. The van der Waals surface area contributed by atoms with Crippen LogP contribution in [0.5, 0.6) is 5.88 Å². The number of ether oxygens (including phenoxy) is 2. The number of fused-ring (bicyclic) bond motifs is 1. The van der Waals surface area contributed by atoms with Gasteiger partial charge in [-0.05, 0) is 30.2 Å². The fraction of sp³-hybridized carbons (Fsp3) is 0.320. The van der Waals surface area contributed by atoms with Crippen molar-refractivity contribution in [1.29, 1.82) is 0 Å². The summed E-state index contributed by atoms with van der Waals surface area (Å²) in [5, 5.41) is 5.35. The molecule has 2 aromatic carbocycles. The third-order valence-corrected chi connectivity index (χ3v) is 5.61. The maximum atomic E-state index is 13.0. The molecule has 0 radical (unpaired) electrons. The third-order valence-electron chi connectivity index (χ3n) is 5.61. The molecule has 0 saturated carbocycles. The lowest BCUT2D eigenvalue weighted by molar-refractivity contribution is -0.137. The highest BCUT2D eigenvalue weighted by atomic mass is 19.4. The van der Waals surface area contributed by atoms with Crippen LogP contribution >= 0.6 is 0 Å². The summed E-state index contributed by atoms with van der Waals surface area (Å²) in [6.07, 6.45) is -4.40. The van der Waals surface area contributed by atoms with Gasteiger partial charge in [0.05, 0.1) is 31.9 Å². The molecular formula is C25H26F3N5O2. The fourth-order valence-corrected chi connectivity index (χ4v) is 3.71. The Labute approximate surface area is 201 Å². The number of hydrogen-bond acceptors (Lipinski definition) is 6. The molecule has 0 spiro atoms. The van der Waals surface area contributed by atoms with Gasteiger partial charge in [-0.2, -0.15) is 28.2 Å². The van der Waals surface area contributed by atoms with Gasteiger partial charge >= 0.3 is 6.18 Å². The lowest BCUT2D eigenvalue weighted by atomic mass is 10.1. The SMILES string of the molecule is COc1nc(N(C)C)nc2c1c(COCc1ccccc1)nn2[C@@H](C)c1ccc(C(F)(F)F)cc1. The van der Waals surface area contributed by atoms with Crippen LogP contribution in [-0.2, 0) is 24.1 Å². The van der Waals surface area contributed by atoms with Crippen molar-refractivity contribution in [2.75, 3.05) is 26.1 Å². The summed E-state index contributed by atoms with van der Waals surface area (Å²) in [7, 11) is 5.14. The summed E-state index contributed by atoms with van der Waals surface area (Å²) in [5.74, 6) is 0.773. The second kappa shape index (κ2) is 9.91. The van der Waals surface area contributed by atoms with E-state index in [9.17, 15) is 13.2 Å². The molecule has 0 bridgehead atoms. The van der Waals surface area contributed by atoms with E-state index in [0.29, 0.717) is 40.7 Å². The van der Waals surface area contributed by atoms with E-state index >= 15 is 0 Å². The quantitative estimate of drug-likeness (QED) is 0.340. The van der Waals surface area contributed by atoms with E-state index in [-0.39, 0.29) is 6.61 Å². The van der Waals surface area contributed by atoms with E-state index in [0.717, 1.165) is 17.7 Å². The molecule has 1 atom stereocenters. The van der Waals surface area contributed by atoms with Crippen LogP contribution < -0.4 is 9.64 Å². The normalized spacial score (nSPS) is 12.7. The zero-order valence-corrected chi connectivity index (χ0v) is 19.9. The van der Waals surface area contributed by atoms with Crippen LogP contribution in [0.4, 0.5) is 19.1 Å². The first-order valence-electron chi connectivity index (χ1n) is 11.0. The van der Waals surface area contributed by atoms with E-state index < -0.39 is 17.8 Å². The number of alkyl halides is 3. The van der Waals surface area contributed by atoms with Crippen molar-refractivity contribution in [2.45, 2.75) is 32.4 Å². The molecule has 35 heavy (non-hydrogen) atoms. The standard InChI is InChI=1S/C25H26F3N5O2/c1-16(18-10-12-19(13-11-18)25(26,27)28)33-22-21(23(34-4)30-24(29-22)32(2)3)20(31-33)15-35-14-17-8-6-5-7-9-17/h5-13,16H,14-15H2,1-4H3/t16-/m0/s1. The Kier molecular flexibility index (Phi) is 6.93. The molecule has 0 aliphatic heterocycles. The molecular weight excluding hydrogens is 459 g/mol. The lowest BCUT2D eigenvalue weighted by Gasteiger charge is -2.16. The van der Waals surface area contributed by atoms with Gasteiger partial charge in [-0.1, -0.05) is 42.5 Å². The van der Waals surface area contributed by atoms with Gasteiger partial charge in [0.1, 0.15) is 11.1 Å². The predicted octanol–water partition coefficient (Wildman–Crippen LogP) is 5.25. The minimum absolute atomic E-state index is 0.180. The molecule has 4 rings (SSSR count). The first kappa shape index (κ1) is 24.5. The minimum Gasteiger partial charge on any atom is -0.480 e. The van der Waals surface area contributed by atoms with Crippen molar-refractivity contribution in [3.63, 3.8) is 0 Å². The predicted molar refractivity (Wildman–Crippen MR) is 126 cm³/mol. The zero-order chi connectivity index (χ0) is 25.2. The number of anilines is 1. The van der Waals surface area contributed by atoms with E-state index in [1.165, 1.54) is 19.2 Å². The Morgan fingerprint density at radius 1 is 0.971 bits per heavy atom. The van der Waals surface area contributed by atoms with Crippen LogP contribution in [0.25, 0.3) is 11.0 Å². The minimum atomic E-state index is -4.40. The monoisotopic (exact) mass is 485 g/mol. The number of benzene rings is 2. The summed E-state index contributed by atoms with van der Waals surface area (Å²) in [5.41, 5.74) is 2.06. The molecule has 2 heterocycles. The summed E-state index contributed by atoms with van der Waals surface area (Å²) in [4.78, 5) is 10.9. The zero-order valence-electron chi connectivity index (χ0n) is 19.9. The van der Waals surface area contributed by atoms with Gasteiger partial charge in [-0.15, -0.1) is 0 Å². The smallest absolute Gasteiger partial charge is 0.416 e. The lowest BCUT2D eigenvalue weighted by Crippen LogP contribution is -2.15. The highest BCUT2D eigenvalue weighted by Gasteiger charge is 2.30. The highest BCUT2D eigenvalue weighted by molar-refractivity contribution is 5.85. The second-order valence-electron chi connectivity index (χ2n) is 8.29. The Balaban J connectivity index is 1.74. The van der Waals surface area contributed by atoms with Crippen molar-refractivity contribution >= 4 is 17.0 Å². The van der Waals surface area contributed by atoms with Gasteiger partial charge in [-0.25, -0.2) is 4.68 Å². The number of halogens is 3. The number of methoxy groups -OCH3 is 1. The molecule has 0 aliphatic carbocycles. The average molecular weight is 486 g/mol. The van der Waals surface area contributed by atoms with Crippen molar-refractivity contribution in [1.82, 2.24) is 19.7 Å². The van der Waals surface area contributed by atoms with E-state index in [1.54, 1.807) is 9.58 Å². The van der Waals surface area contributed by atoms with Gasteiger partial charge in [-0.3, -0.25) is 0 Å². The third kappa shape index (κ3) is 5.22. The van der Waals surface area contributed by atoms with Crippen LogP contribution in [0, 0.1) is 0 Å². The highest BCUT2D eigenvalue weighted by Crippen LogP contribution is 2.34. The average Bonchev–Trinajstić information content (AvgIpc) is 3.21. The molecule has 10 heteroatoms. The van der Waals surface area contributed by atoms with Crippen LogP contribution in [0.3, 0.4) is 0 Å².